The molecule has 26 heavy (non-hydrogen) atoms. The summed E-state index contributed by atoms with van der Waals surface area (Å²) in [6, 6.07) is 6.92. The molecule has 0 aliphatic heterocycles. The first kappa shape index (κ1) is 19.7. The van der Waals surface area contributed by atoms with E-state index in [1.54, 1.807) is 6.07 Å². The highest BCUT2D eigenvalue weighted by molar-refractivity contribution is 5.98. The summed E-state index contributed by atoms with van der Waals surface area (Å²) in [5.41, 5.74) is 8.73. The molecule has 1 aromatic carbocycles. The van der Waals surface area contributed by atoms with E-state index in [0.717, 1.165) is 16.8 Å². The average molecular weight is 356 g/mol. The summed E-state index contributed by atoms with van der Waals surface area (Å²) < 4.78 is 1.91. The summed E-state index contributed by atoms with van der Waals surface area (Å²) in [5.74, 6) is -0.564. The molecule has 1 heterocycles. The van der Waals surface area contributed by atoms with E-state index in [2.05, 4.69) is 24.3 Å². The van der Waals surface area contributed by atoms with Crippen molar-refractivity contribution in [2.75, 3.05) is 0 Å². The summed E-state index contributed by atoms with van der Waals surface area (Å²) in [7, 11) is 0. The molecule has 6 nitrogen and oxygen atoms in total. The van der Waals surface area contributed by atoms with Crippen LogP contribution in [-0.4, -0.2) is 27.6 Å². The van der Waals surface area contributed by atoms with E-state index in [0.29, 0.717) is 12.0 Å². The Morgan fingerprint density at radius 1 is 1.23 bits per heavy atom. The van der Waals surface area contributed by atoms with Crippen LogP contribution in [0, 0.1) is 12.8 Å². The number of aryl methyl sites for hydroxylation is 1. The van der Waals surface area contributed by atoms with Gasteiger partial charge < -0.3 is 11.1 Å². The van der Waals surface area contributed by atoms with Crippen molar-refractivity contribution in [3.8, 4) is 11.1 Å². The third-order valence-corrected chi connectivity index (χ3v) is 4.24. The van der Waals surface area contributed by atoms with Crippen molar-refractivity contribution in [2.24, 2.45) is 11.7 Å². The number of amides is 2. The van der Waals surface area contributed by atoms with Gasteiger partial charge in [0.25, 0.3) is 5.91 Å². The molecule has 1 atom stereocenters. The van der Waals surface area contributed by atoms with E-state index in [9.17, 15) is 9.59 Å². The average Bonchev–Trinajstić information content (AvgIpc) is 2.96. The van der Waals surface area contributed by atoms with Gasteiger partial charge in [-0.05, 0) is 50.8 Å². The van der Waals surface area contributed by atoms with E-state index < -0.39 is 11.9 Å². The number of hydrogen-bond acceptors (Lipinski definition) is 3. The van der Waals surface area contributed by atoms with Crippen LogP contribution in [0.15, 0.2) is 30.5 Å². The van der Waals surface area contributed by atoms with Crippen molar-refractivity contribution < 1.29 is 9.59 Å². The van der Waals surface area contributed by atoms with Crippen LogP contribution in [0.2, 0.25) is 0 Å². The quantitative estimate of drug-likeness (QED) is 0.799. The summed E-state index contributed by atoms with van der Waals surface area (Å²) in [6.07, 6.45) is 2.50. The second kappa shape index (κ2) is 8.17. The third-order valence-electron chi connectivity index (χ3n) is 4.24. The Balaban J connectivity index is 2.25. The second-order valence-corrected chi connectivity index (χ2v) is 7.34. The topological polar surface area (TPSA) is 90.0 Å². The number of benzene rings is 1. The van der Waals surface area contributed by atoms with E-state index in [4.69, 9.17) is 5.73 Å². The molecular formula is C20H28N4O2. The van der Waals surface area contributed by atoms with Crippen molar-refractivity contribution >= 4 is 11.8 Å². The Morgan fingerprint density at radius 2 is 1.92 bits per heavy atom. The fraction of sp³-hybridized carbons (Fsp3) is 0.450. The Hall–Kier alpha value is -2.63. The minimum Gasteiger partial charge on any atom is -0.368 e. The molecule has 0 unspecified atom stereocenters. The molecule has 0 saturated carbocycles. The van der Waals surface area contributed by atoms with Gasteiger partial charge in [-0.1, -0.05) is 26.0 Å². The van der Waals surface area contributed by atoms with Gasteiger partial charge in [-0.15, -0.1) is 0 Å². The van der Waals surface area contributed by atoms with Crippen molar-refractivity contribution in [1.29, 1.82) is 0 Å². The van der Waals surface area contributed by atoms with E-state index in [-0.39, 0.29) is 17.9 Å². The lowest BCUT2D eigenvalue weighted by Gasteiger charge is -2.17. The maximum Gasteiger partial charge on any atom is 0.251 e. The molecule has 6 heteroatoms. The zero-order valence-electron chi connectivity index (χ0n) is 16.1. The number of rotatable bonds is 7. The predicted octanol–water partition coefficient (Wildman–Crippen LogP) is 3.07. The lowest BCUT2D eigenvalue weighted by Crippen LogP contribution is -2.45. The van der Waals surface area contributed by atoms with Gasteiger partial charge >= 0.3 is 0 Å². The molecule has 0 fully saturated rings. The van der Waals surface area contributed by atoms with Crippen LogP contribution < -0.4 is 11.1 Å². The SMILES string of the molecule is Cc1nn(C(C)C)cc1-c1cccc(C(=O)N[C@@H](CC(C)C)C(N)=O)c1. The van der Waals surface area contributed by atoms with E-state index in [1.165, 1.54) is 0 Å². The first-order chi connectivity index (χ1) is 12.2. The molecule has 0 radical (unpaired) electrons. The van der Waals surface area contributed by atoms with Gasteiger partial charge in [0.1, 0.15) is 6.04 Å². The standard InChI is InChI=1S/C20H28N4O2/c1-12(2)9-18(19(21)25)22-20(26)16-8-6-7-15(10-16)17-11-24(13(3)4)23-14(17)5/h6-8,10-13,18H,9H2,1-5H3,(H2,21,25)(H,22,26)/t18-/m0/s1. The molecule has 0 saturated heterocycles. The first-order valence-electron chi connectivity index (χ1n) is 8.95. The predicted molar refractivity (Wildman–Crippen MR) is 103 cm³/mol. The van der Waals surface area contributed by atoms with Crippen LogP contribution in [0.4, 0.5) is 0 Å². The van der Waals surface area contributed by atoms with Crippen LogP contribution >= 0.6 is 0 Å². The highest BCUT2D eigenvalue weighted by atomic mass is 16.2. The van der Waals surface area contributed by atoms with Gasteiger partial charge in [-0.2, -0.15) is 5.10 Å². The van der Waals surface area contributed by atoms with Crippen molar-refractivity contribution in [1.82, 2.24) is 15.1 Å². The number of carbonyl (C=O) groups is 2. The molecular weight excluding hydrogens is 328 g/mol. The Morgan fingerprint density at radius 3 is 2.46 bits per heavy atom. The van der Waals surface area contributed by atoms with Crippen molar-refractivity contribution in [3.63, 3.8) is 0 Å². The number of nitrogens with one attached hydrogen (secondary N) is 1. The maximum absolute atomic E-state index is 12.6. The van der Waals surface area contributed by atoms with Crippen LogP contribution in [0.1, 0.15) is 56.2 Å². The molecule has 2 aromatic rings. The van der Waals surface area contributed by atoms with Gasteiger partial charge in [-0.25, -0.2) is 0 Å². The van der Waals surface area contributed by atoms with Crippen LogP contribution in [0.5, 0.6) is 0 Å². The summed E-state index contributed by atoms with van der Waals surface area (Å²) in [5, 5.41) is 7.27. The molecule has 0 aliphatic rings. The number of nitrogens with zero attached hydrogens (tertiary/aromatic N) is 2. The molecule has 2 rings (SSSR count). The zero-order valence-corrected chi connectivity index (χ0v) is 16.1. The lowest BCUT2D eigenvalue weighted by molar-refractivity contribution is -0.120. The molecule has 0 bridgehead atoms. The summed E-state index contributed by atoms with van der Waals surface area (Å²) in [4.78, 5) is 24.2. The molecule has 1 aromatic heterocycles. The zero-order chi connectivity index (χ0) is 19.4. The largest absolute Gasteiger partial charge is 0.368 e. The first-order valence-corrected chi connectivity index (χ1v) is 8.95. The number of primary amides is 1. The molecule has 0 spiro atoms. The number of aromatic nitrogens is 2. The Kier molecular flexibility index (Phi) is 6.18. The minimum absolute atomic E-state index is 0.253. The summed E-state index contributed by atoms with van der Waals surface area (Å²) >= 11 is 0. The van der Waals surface area contributed by atoms with Crippen molar-refractivity contribution in [2.45, 2.75) is 53.1 Å². The smallest absolute Gasteiger partial charge is 0.251 e. The lowest BCUT2D eigenvalue weighted by atomic mass is 10.0. The molecule has 3 N–H and O–H groups in total. The van der Waals surface area contributed by atoms with Gasteiger partial charge in [0, 0.05) is 23.4 Å². The number of nitrogens with two attached hydrogens (primary N) is 1. The fourth-order valence-corrected chi connectivity index (χ4v) is 2.82. The monoisotopic (exact) mass is 356 g/mol. The normalized spacial score (nSPS) is 12.4. The van der Waals surface area contributed by atoms with Crippen LogP contribution in [0.25, 0.3) is 11.1 Å². The number of hydrogen-bond donors (Lipinski definition) is 2. The van der Waals surface area contributed by atoms with Crippen molar-refractivity contribution in [3.05, 3.63) is 41.7 Å². The van der Waals surface area contributed by atoms with Gasteiger partial charge in [0.15, 0.2) is 0 Å². The van der Waals surface area contributed by atoms with Crippen LogP contribution in [0.3, 0.4) is 0 Å². The van der Waals surface area contributed by atoms with E-state index >= 15 is 0 Å². The molecule has 0 aliphatic carbocycles. The Bertz CT molecular complexity index is 793. The highest BCUT2D eigenvalue weighted by Gasteiger charge is 2.20. The number of carbonyl (C=O) groups excluding carboxylic acids is 2. The minimum atomic E-state index is -0.670. The molecule has 140 valence electrons. The second-order valence-electron chi connectivity index (χ2n) is 7.34. The van der Waals surface area contributed by atoms with Gasteiger partial charge in [0.2, 0.25) is 5.91 Å². The van der Waals surface area contributed by atoms with Gasteiger partial charge in [-0.3, -0.25) is 14.3 Å². The van der Waals surface area contributed by atoms with Gasteiger partial charge in [0.05, 0.1) is 5.69 Å². The van der Waals surface area contributed by atoms with E-state index in [1.807, 2.05) is 49.8 Å². The highest BCUT2D eigenvalue weighted by Crippen LogP contribution is 2.25. The Labute approximate surface area is 154 Å². The maximum atomic E-state index is 12.6. The van der Waals surface area contributed by atoms with Crippen LogP contribution in [-0.2, 0) is 4.79 Å². The fourth-order valence-electron chi connectivity index (χ4n) is 2.82. The molecule has 2 amide bonds. The summed E-state index contributed by atoms with van der Waals surface area (Å²) in [6.45, 7) is 10.1. The third kappa shape index (κ3) is 4.71.